The summed E-state index contributed by atoms with van der Waals surface area (Å²) in [7, 11) is 0. The van der Waals surface area contributed by atoms with E-state index in [0.717, 1.165) is 42.6 Å². The molecule has 4 saturated carbocycles. The summed E-state index contributed by atoms with van der Waals surface area (Å²) in [6, 6.07) is 0. The van der Waals surface area contributed by atoms with Crippen molar-refractivity contribution in [3.63, 3.8) is 0 Å². The van der Waals surface area contributed by atoms with Crippen LogP contribution in [0.4, 0.5) is 0 Å². The Morgan fingerprint density at radius 3 is 2.59 bits per heavy atom. The van der Waals surface area contributed by atoms with Gasteiger partial charge in [-0.05, 0) is 118 Å². The average molecular weight is 467 g/mol. The number of aromatic nitrogens is 2. The molecular formula is C30H46N2O2. The summed E-state index contributed by atoms with van der Waals surface area (Å²) in [6.07, 6.45) is 18.5. The van der Waals surface area contributed by atoms with E-state index in [0.29, 0.717) is 30.2 Å². The lowest BCUT2D eigenvalue weighted by Gasteiger charge is -2.65. The Kier molecular flexibility index (Phi) is 6.01. The Bertz CT molecular complexity index is 942. The highest BCUT2D eigenvalue weighted by Gasteiger charge is 2.61. The van der Waals surface area contributed by atoms with Gasteiger partial charge in [0.15, 0.2) is 0 Å². The van der Waals surface area contributed by atoms with Crippen LogP contribution in [0.2, 0.25) is 0 Å². The summed E-state index contributed by atoms with van der Waals surface area (Å²) in [5.74, 6) is 7.92. The Hall–Kier alpha value is -1.31. The molecule has 5 rings (SSSR count). The molecule has 2 N–H and O–H groups in total. The van der Waals surface area contributed by atoms with E-state index in [4.69, 9.17) is 6.42 Å². The highest BCUT2D eigenvalue weighted by molar-refractivity contribution is 5.26. The van der Waals surface area contributed by atoms with Gasteiger partial charge in [-0.2, -0.15) is 5.10 Å². The standard InChI is InChI=1S/C30H46N2O2/c1-7-21-16-31-32(17-21)18-30(6,34)26-14-19(2)20(3)27-25-9-8-22-15-28(4,33)12-10-23(22)24(25)11-13-29(26,27)5/h1,16-17,19-20,22-27,33-34H,8-15,18H2,2-6H3/t19-,20+,22+,23-,24+,25+,26-,27-,28+,29+,30+/m0/s1. The first kappa shape index (κ1) is 24.4. The Balaban J connectivity index is 1.42. The van der Waals surface area contributed by atoms with Crippen molar-refractivity contribution >= 4 is 0 Å². The lowest BCUT2D eigenvalue weighted by Crippen LogP contribution is -2.61. The van der Waals surface area contributed by atoms with E-state index in [2.05, 4.69) is 38.7 Å². The van der Waals surface area contributed by atoms with Gasteiger partial charge in [0.05, 0.1) is 29.5 Å². The van der Waals surface area contributed by atoms with E-state index in [1.54, 1.807) is 6.20 Å². The first-order valence-electron chi connectivity index (χ1n) is 13.9. The number of hydrogen-bond acceptors (Lipinski definition) is 3. The van der Waals surface area contributed by atoms with E-state index in [1.807, 2.05) is 17.8 Å². The van der Waals surface area contributed by atoms with E-state index in [9.17, 15) is 10.2 Å². The zero-order chi connectivity index (χ0) is 24.5. The normalized spacial score (nSPS) is 48.1. The molecule has 1 heterocycles. The van der Waals surface area contributed by atoms with Crippen LogP contribution in [0.15, 0.2) is 12.4 Å². The third-order valence-electron chi connectivity index (χ3n) is 11.4. The Labute approximate surface area is 206 Å². The molecule has 0 unspecified atom stereocenters. The summed E-state index contributed by atoms with van der Waals surface area (Å²) < 4.78 is 1.85. The van der Waals surface area contributed by atoms with Gasteiger partial charge in [0.2, 0.25) is 0 Å². The van der Waals surface area contributed by atoms with Crippen molar-refractivity contribution < 1.29 is 10.2 Å². The van der Waals surface area contributed by atoms with Gasteiger partial charge in [-0.1, -0.05) is 26.7 Å². The number of rotatable bonds is 3. The van der Waals surface area contributed by atoms with E-state index in [1.165, 1.54) is 32.1 Å². The first-order valence-corrected chi connectivity index (χ1v) is 13.9. The first-order chi connectivity index (χ1) is 15.9. The molecule has 4 aliphatic rings. The molecule has 34 heavy (non-hydrogen) atoms. The predicted molar refractivity (Wildman–Crippen MR) is 136 cm³/mol. The number of aliphatic hydroxyl groups is 2. The van der Waals surface area contributed by atoms with Crippen molar-refractivity contribution in [2.24, 2.45) is 52.8 Å². The number of nitrogens with zero attached hydrogens (tertiary/aromatic N) is 2. The van der Waals surface area contributed by atoms with Crippen LogP contribution in [0.3, 0.4) is 0 Å². The second-order valence-corrected chi connectivity index (χ2v) is 13.7. The molecule has 1 aromatic heterocycles. The summed E-state index contributed by atoms with van der Waals surface area (Å²) in [6.45, 7) is 12.0. The van der Waals surface area contributed by atoms with Crippen LogP contribution < -0.4 is 0 Å². The highest BCUT2D eigenvalue weighted by atomic mass is 16.3. The number of fused-ring (bicyclic) bond motifs is 5. The maximum Gasteiger partial charge on any atom is 0.0848 e. The van der Waals surface area contributed by atoms with Crippen LogP contribution >= 0.6 is 0 Å². The fraction of sp³-hybridized carbons (Fsp3) is 0.833. The maximum atomic E-state index is 12.0. The third kappa shape index (κ3) is 3.96. The van der Waals surface area contributed by atoms with Crippen LogP contribution in [0, 0.1) is 65.1 Å². The molecule has 4 heteroatoms. The molecule has 0 amide bonds. The van der Waals surface area contributed by atoms with Crippen molar-refractivity contribution in [3.05, 3.63) is 18.0 Å². The Morgan fingerprint density at radius 2 is 1.88 bits per heavy atom. The van der Waals surface area contributed by atoms with Crippen molar-refractivity contribution in [1.29, 1.82) is 0 Å². The zero-order valence-corrected chi connectivity index (χ0v) is 22.0. The molecule has 4 nitrogen and oxygen atoms in total. The second kappa shape index (κ2) is 8.38. The van der Waals surface area contributed by atoms with Gasteiger partial charge in [0.1, 0.15) is 0 Å². The van der Waals surface area contributed by atoms with Gasteiger partial charge < -0.3 is 10.2 Å². The fourth-order valence-electron chi connectivity index (χ4n) is 9.89. The monoisotopic (exact) mass is 466 g/mol. The molecule has 0 spiro atoms. The molecule has 4 aliphatic carbocycles. The van der Waals surface area contributed by atoms with E-state index < -0.39 is 11.2 Å². The molecule has 1 aromatic rings. The Morgan fingerprint density at radius 1 is 1.15 bits per heavy atom. The van der Waals surface area contributed by atoms with Crippen molar-refractivity contribution in [2.45, 2.75) is 104 Å². The van der Waals surface area contributed by atoms with Crippen molar-refractivity contribution in [1.82, 2.24) is 9.78 Å². The summed E-state index contributed by atoms with van der Waals surface area (Å²) >= 11 is 0. The number of terminal acetylenes is 1. The molecule has 188 valence electrons. The number of hydrogen-bond donors (Lipinski definition) is 2. The lowest BCUT2D eigenvalue weighted by molar-refractivity contribution is -0.196. The molecule has 4 fully saturated rings. The van der Waals surface area contributed by atoms with Gasteiger partial charge in [-0.15, -0.1) is 6.42 Å². The molecule has 0 bridgehead atoms. The largest absolute Gasteiger partial charge is 0.390 e. The minimum absolute atomic E-state index is 0.145. The highest BCUT2D eigenvalue weighted by Crippen LogP contribution is 2.66. The quantitative estimate of drug-likeness (QED) is 0.577. The predicted octanol–water partition coefficient (Wildman–Crippen LogP) is 5.52. The summed E-state index contributed by atoms with van der Waals surface area (Å²) in [4.78, 5) is 0. The topological polar surface area (TPSA) is 58.3 Å². The van der Waals surface area contributed by atoms with Crippen LogP contribution in [0.5, 0.6) is 0 Å². The van der Waals surface area contributed by atoms with Gasteiger partial charge in [0, 0.05) is 6.20 Å². The van der Waals surface area contributed by atoms with E-state index >= 15 is 0 Å². The van der Waals surface area contributed by atoms with Gasteiger partial charge in [-0.3, -0.25) is 4.68 Å². The molecule has 0 radical (unpaired) electrons. The van der Waals surface area contributed by atoms with Gasteiger partial charge in [-0.25, -0.2) is 0 Å². The second-order valence-electron chi connectivity index (χ2n) is 13.7. The summed E-state index contributed by atoms with van der Waals surface area (Å²) in [5.41, 5.74) is -0.368. The van der Waals surface area contributed by atoms with Crippen molar-refractivity contribution in [3.8, 4) is 12.3 Å². The average Bonchev–Trinajstić information content (AvgIpc) is 3.21. The zero-order valence-electron chi connectivity index (χ0n) is 22.0. The van der Waals surface area contributed by atoms with Crippen LogP contribution in [0.25, 0.3) is 0 Å². The SMILES string of the molecule is C#Cc1cnn(C[C@@](C)(O)[C@H]2C[C@H](C)[C@@H](C)[C@H]3[C@@H]4CC[C@@H]5C[C@](C)(O)CC[C@@H]5[C@H]4CC[C@@]32C)c1. The van der Waals surface area contributed by atoms with E-state index in [-0.39, 0.29) is 11.3 Å². The van der Waals surface area contributed by atoms with Crippen molar-refractivity contribution in [2.75, 3.05) is 0 Å². The minimum Gasteiger partial charge on any atom is -0.390 e. The van der Waals surface area contributed by atoms with Crippen LogP contribution in [-0.2, 0) is 6.54 Å². The minimum atomic E-state index is -0.827. The summed E-state index contributed by atoms with van der Waals surface area (Å²) in [5, 5.41) is 27.2. The molecule has 0 saturated heterocycles. The molecular weight excluding hydrogens is 420 g/mol. The van der Waals surface area contributed by atoms with Gasteiger partial charge >= 0.3 is 0 Å². The third-order valence-corrected chi connectivity index (χ3v) is 11.4. The smallest absolute Gasteiger partial charge is 0.0848 e. The van der Waals surface area contributed by atoms with Crippen LogP contribution in [-0.4, -0.2) is 31.2 Å². The van der Waals surface area contributed by atoms with Crippen LogP contribution in [0.1, 0.15) is 91.5 Å². The lowest BCUT2D eigenvalue weighted by atomic mass is 9.40. The maximum absolute atomic E-state index is 12.0. The molecule has 11 atom stereocenters. The molecule has 0 aliphatic heterocycles. The van der Waals surface area contributed by atoms with Gasteiger partial charge in [0.25, 0.3) is 0 Å². The fourth-order valence-corrected chi connectivity index (χ4v) is 9.89. The molecule has 0 aromatic carbocycles.